The molecule has 1 heterocycles. The lowest BCUT2D eigenvalue weighted by Crippen LogP contribution is -2.55. The van der Waals surface area contributed by atoms with E-state index in [0.29, 0.717) is 0 Å². The Kier molecular flexibility index (Phi) is 8.09. The number of anilines is 1. The fourth-order valence-electron chi connectivity index (χ4n) is 3.12. The Morgan fingerprint density at radius 3 is 2.74 bits per heavy atom. The molecule has 2 atom stereocenters. The second-order valence-corrected chi connectivity index (χ2v) is 9.97. The van der Waals surface area contributed by atoms with Crippen LogP contribution in [0, 0.1) is 0 Å². The van der Waals surface area contributed by atoms with Crippen molar-refractivity contribution in [1.29, 1.82) is 0 Å². The lowest BCUT2D eigenvalue weighted by molar-refractivity contribution is -0.137. The minimum absolute atomic E-state index is 0.00721. The maximum atomic E-state index is 12.8. The van der Waals surface area contributed by atoms with Crippen LogP contribution in [0.4, 0.5) is 18.9 Å². The summed E-state index contributed by atoms with van der Waals surface area (Å²) in [5, 5.41) is 12.8. The van der Waals surface area contributed by atoms with Crippen molar-refractivity contribution in [2.24, 2.45) is 0 Å². The third kappa shape index (κ3) is 6.57. The van der Waals surface area contributed by atoms with E-state index in [1.165, 1.54) is 35.4 Å². The summed E-state index contributed by atoms with van der Waals surface area (Å²) in [6, 6.07) is 6.58. The molecule has 188 valence electrons. The number of fused-ring (bicyclic) bond motifs is 1. The Balaban J connectivity index is 1.65. The molecule has 3 rings (SSSR count). The molecule has 34 heavy (non-hydrogen) atoms. The van der Waals surface area contributed by atoms with Gasteiger partial charge in [-0.1, -0.05) is 17.7 Å². The van der Waals surface area contributed by atoms with E-state index in [1.54, 1.807) is 0 Å². The van der Waals surface area contributed by atoms with Gasteiger partial charge in [0.25, 0.3) is 10.0 Å². The van der Waals surface area contributed by atoms with Crippen LogP contribution in [0.3, 0.4) is 0 Å². The first-order valence-corrected chi connectivity index (χ1v) is 12.4. The van der Waals surface area contributed by atoms with Crippen molar-refractivity contribution in [3.05, 3.63) is 52.5 Å². The SMILES string of the molecule is CN(CC(O)COc1cccc(C(F)(F)F)c1)N1Cc2cc(Cl)c(NS(=O)[O-])cc2S(=O)(=O)N1. The minimum atomic E-state index is -4.54. The molecule has 0 aliphatic carbocycles. The average Bonchev–Trinajstić information content (AvgIpc) is 2.72. The minimum Gasteiger partial charge on any atom is -0.755 e. The highest BCUT2D eigenvalue weighted by atomic mass is 35.5. The number of rotatable bonds is 8. The van der Waals surface area contributed by atoms with Gasteiger partial charge in [0.1, 0.15) is 18.5 Å². The number of benzene rings is 2. The number of ether oxygens (including phenoxy) is 1. The van der Waals surface area contributed by atoms with Crippen LogP contribution < -0.4 is 14.3 Å². The van der Waals surface area contributed by atoms with Gasteiger partial charge in [0.05, 0.1) is 27.7 Å². The third-order valence-corrected chi connectivity index (χ3v) is 6.78. The second kappa shape index (κ2) is 10.3. The Hall–Kier alpha value is -1.98. The van der Waals surface area contributed by atoms with Crippen molar-refractivity contribution in [2.45, 2.75) is 23.7 Å². The van der Waals surface area contributed by atoms with Crippen LogP contribution in [0.5, 0.6) is 5.75 Å². The largest absolute Gasteiger partial charge is 0.755 e. The summed E-state index contributed by atoms with van der Waals surface area (Å²) in [6.45, 7) is -0.498. The molecule has 3 N–H and O–H groups in total. The number of hydrogen-bond donors (Lipinski definition) is 3. The first-order chi connectivity index (χ1) is 15.8. The number of halogens is 4. The quantitative estimate of drug-likeness (QED) is 0.430. The zero-order valence-corrected chi connectivity index (χ0v) is 19.8. The van der Waals surface area contributed by atoms with Gasteiger partial charge >= 0.3 is 6.18 Å². The van der Waals surface area contributed by atoms with Crippen molar-refractivity contribution in [2.75, 3.05) is 24.9 Å². The maximum Gasteiger partial charge on any atom is 0.416 e. The molecule has 0 radical (unpaired) electrons. The lowest BCUT2D eigenvalue weighted by Gasteiger charge is -2.36. The lowest BCUT2D eigenvalue weighted by atomic mass is 10.2. The van der Waals surface area contributed by atoms with Crippen LogP contribution in [0.15, 0.2) is 41.3 Å². The van der Waals surface area contributed by atoms with Crippen LogP contribution in [-0.2, 0) is 34.0 Å². The first kappa shape index (κ1) is 26.6. The monoisotopic (exact) mass is 543 g/mol. The van der Waals surface area contributed by atoms with E-state index in [4.69, 9.17) is 16.3 Å². The predicted molar refractivity (Wildman–Crippen MR) is 115 cm³/mol. The molecule has 0 fully saturated rings. The topological polar surface area (TPSA) is 134 Å². The van der Waals surface area contributed by atoms with E-state index in [2.05, 4.69) is 4.83 Å². The van der Waals surface area contributed by atoms with Crippen LogP contribution >= 0.6 is 11.6 Å². The molecule has 0 aromatic heterocycles. The highest BCUT2D eigenvalue weighted by Gasteiger charge is 2.32. The van der Waals surface area contributed by atoms with E-state index in [9.17, 15) is 35.5 Å². The molecule has 0 saturated heterocycles. The van der Waals surface area contributed by atoms with Crippen LogP contribution in [0.2, 0.25) is 5.02 Å². The number of aliphatic hydroxyl groups is 1. The molecule has 16 heteroatoms. The number of sulfonamides is 1. The number of alkyl halides is 3. The number of nitrogens with one attached hydrogen (secondary N) is 2. The van der Waals surface area contributed by atoms with Gasteiger partial charge in [-0.15, -0.1) is 4.83 Å². The van der Waals surface area contributed by atoms with Crippen molar-refractivity contribution >= 4 is 38.6 Å². The molecule has 0 bridgehead atoms. The number of nitrogens with zero attached hydrogens (tertiary/aromatic N) is 2. The number of hydrogen-bond acceptors (Lipinski definition) is 8. The Morgan fingerprint density at radius 2 is 2.09 bits per heavy atom. The van der Waals surface area contributed by atoms with Gasteiger partial charge in [0, 0.05) is 24.9 Å². The summed E-state index contributed by atoms with van der Waals surface area (Å²) in [4.78, 5) is 2.10. The number of aliphatic hydroxyl groups excluding tert-OH is 1. The summed E-state index contributed by atoms with van der Waals surface area (Å²) in [5.74, 6) is -0.0813. The fourth-order valence-corrected chi connectivity index (χ4v) is 5.08. The van der Waals surface area contributed by atoms with Gasteiger partial charge in [-0.05, 0) is 35.9 Å². The maximum absolute atomic E-state index is 12.8. The van der Waals surface area contributed by atoms with Crippen LogP contribution in [0.1, 0.15) is 11.1 Å². The van der Waals surface area contributed by atoms with Gasteiger partial charge < -0.3 is 19.1 Å². The Labute approximate surface area is 200 Å². The summed E-state index contributed by atoms with van der Waals surface area (Å²) in [5.41, 5.74) is -0.730. The van der Waals surface area contributed by atoms with Gasteiger partial charge in [-0.25, -0.2) is 13.4 Å². The van der Waals surface area contributed by atoms with Crippen molar-refractivity contribution < 1.29 is 40.2 Å². The summed E-state index contributed by atoms with van der Waals surface area (Å²) in [6.07, 6.45) is -5.72. The van der Waals surface area contributed by atoms with Gasteiger partial charge in [0.15, 0.2) is 0 Å². The molecule has 10 nitrogen and oxygen atoms in total. The van der Waals surface area contributed by atoms with Gasteiger partial charge in [-0.2, -0.15) is 18.3 Å². The third-order valence-electron chi connectivity index (χ3n) is 4.67. The second-order valence-electron chi connectivity index (χ2n) is 7.26. The zero-order chi connectivity index (χ0) is 25.3. The van der Waals surface area contributed by atoms with E-state index >= 15 is 0 Å². The van der Waals surface area contributed by atoms with E-state index in [1.807, 2.05) is 4.72 Å². The molecule has 2 unspecified atom stereocenters. The van der Waals surface area contributed by atoms with Gasteiger partial charge in [0.2, 0.25) is 0 Å². The smallest absolute Gasteiger partial charge is 0.416 e. The number of likely N-dealkylation sites (N-methyl/N-ethyl adjacent to an activating group) is 1. The molecule has 1 aliphatic rings. The Bertz CT molecular complexity index is 1180. The molecule has 0 spiro atoms. The molecule has 0 amide bonds. The average molecular weight is 544 g/mol. The van der Waals surface area contributed by atoms with E-state index < -0.39 is 39.1 Å². The van der Waals surface area contributed by atoms with E-state index in [0.717, 1.165) is 18.2 Å². The zero-order valence-electron chi connectivity index (χ0n) is 17.4. The summed E-state index contributed by atoms with van der Waals surface area (Å²) >= 11 is 3.33. The predicted octanol–water partition coefficient (Wildman–Crippen LogP) is 1.86. The summed E-state index contributed by atoms with van der Waals surface area (Å²) < 4.78 is 92.7. The number of hydrazine groups is 2. The Morgan fingerprint density at radius 1 is 1.38 bits per heavy atom. The molecule has 1 aliphatic heterocycles. The highest BCUT2D eigenvalue weighted by molar-refractivity contribution is 7.89. The van der Waals surface area contributed by atoms with Crippen LogP contribution in [-0.4, -0.2) is 58.7 Å². The van der Waals surface area contributed by atoms with E-state index in [-0.39, 0.29) is 46.6 Å². The standard InChI is InChI=1S/C18H20ClF3N4O6S2/c1-25(9-13(27)10-32-14-4-2-3-12(6-14)18(20,21)22)26-8-11-5-15(19)16(23-33(28)29)7-17(11)34(30,31)24-26/h2-7,13,23-24,27H,8-10H2,1H3,(H,28,29)/p-1. The highest BCUT2D eigenvalue weighted by Crippen LogP contribution is 2.33. The fraction of sp³-hybridized carbons (Fsp3) is 0.333. The first-order valence-electron chi connectivity index (χ1n) is 9.44. The van der Waals surface area contributed by atoms with Crippen molar-refractivity contribution in [3.63, 3.8) is 0 Å². The van der Waals surface area contributed by atoms with Gasteiger partial charge in [-0.3, -0.25) is 4.21 Å². The van der Waals surface area contributed by atoms with Crippen molar-refractivity contribution in [3.8, 4) is 5.75 Å². The molecular weight excluding hydrogens is 525 g/mol. The van der Waals surface area contributed by atoms with Crippen molar-refractivity contribution in [1.82, 2.24) is 15.0 Å². The molecule has 0 saturated carbocycles. The normalized spacial score (nSPS) is 17.8. The summed E-state index contributed by atoms with van der Waals surface area (Å²) in [7, 11) is -2.63. The molecular formula is C18H19ClF3N4O6S2-. The van der Waals surface area contributed by atoms with Crippen LogP contribution in [0.25, 0.3) is 0 Å². The molecule has 2 aromatic carbocycles. The molecule has 2 aromatic rings.